The minimum absolute atomic E-state index is 0.0276. The number of carbonyl (C=O) groups is 3. The van der Waals surface area contributed by atoms with E-state index in [-0.39, 0.29) is 34.3 Å². The van der Waals surface area contributed by atoms with Crippen LogP contribution in [-0.2, 0) is 9.47 Å². The average molecular weight is 305 g/mol. The molecule has 1 aliphatic carbocycles. The van der Waals surface area contributed by atoms with Gasteiger partial charge in [-0.1, -0.05) is 0 Å². The molecule has 7 nitrogen and oxygen atoms in total. The SMILES string of the molecule is COC1=CC(=O)c2c(oc(C)c2C(=O)N2CCOCC2)C1=O. The van der Waals surface area contributed by atoms with Gasteiger partial charge in [0.1, 0.15) is 5.76 Å². The van der Waals surface area contributed by atoms with Crippen LogP contribution in [0.15, 0.2) is 16.3 Å². The molecular weight excluding hydrogens is 290 g/mol. The summed E-state index contributed by atoms with van der Waals surface area (Å²) in [7, 11) is 1.30. The van der Waals surface area contributed by atoms with Gasteiger partial charge < -0.3 is 18.8 Å². The van der Waals surface area contributed by atoms with Crippen LogP contribution in [0.1, 0.15) is 37.0 Å². The predicted molar refractivity (Wildman–Crippen MR) is 73.9 cm³/mol. The minimum Gasteiger partial charge on any atom is -0.492 e. The van der Waals surface area contributed by atoms with Gasteiger partial charge in [0, 0.05) is 19.2 Å². The van der Waals surface area contributed by atoms with Gasteiger partial charge in [-0.25, -0.2) is 0 Å². The van der Waals surface area contributed by atoms with Crippen molar-refractivity contribution in [1.82, 2.24) is 4.90 Å². The molecule has 7 heteroatoms. The van der Waals surface area contributed by atoms with Crippen LogP contribution in [0, 0.1) is 6.92 Å². The number of allylic oxidation sites excluding steroid dienone is 2. The second kappa shape index (κ2) is 5.42. The Morgan fingerprint density at radius 2 is 1.95 bits per heavy atom. The molecule has 0 aromatic carbocycles. The third-order valence-electron chi connectivity index (χ3n) is 3.75. The van der Waals surface area contributed by atoms with E-state index >= 15 is 0 Å². The Kier molecular flexibility index (Phi) is 3.58. The van der Waals surface area contributed by atoms with Crippen molar-refractivity contribution in [2.75, 3.05) is 33.4 Å². The zero-order valence-electron chi connectivity index (χ0n) is 12.3. The molecule has 116 valence electrons. The number of rotatable bonds is 2. The maximum atomic E-state index is 12.7. The van der Waals surface area contributed by atoms with Crippen molar-refractivity contribution in [2.45, 2.75) is 6.92 Å². The zero-order chi connectivity index (χ0) is 15.9. The molecule has 0 N–H and O–H groups in total. The average Bonchev–Trinajstić information content (AvgIpc) is 2.89. The standard InChI is InChI=1S/C15H15NO6/c1-8-11(15(19)16-3-5-21-6-4-16)12-9(17)7-10(20-2)13(18)14(12)22-8/h7H,3-6H2,1-2H3. The van der Waals surface area contributed by atoms with E-state index in [1.54, 1.807) is 11.8 Å². The molecule has 2 heterocycles. The number of nitrogens with zero attached hydrogens (tertiary/aromatic N) is 1. The molecule has 0 radical (unpaired) electrons. The van der Waals surface area contributed by atoms with E-state index in [1.807, 2.05) is 0 Å². The monoisotopic (exact) mass is 305 g/mol. The number of hydrogen-bond donors (Lipinski definition) is 0. The van der Waals surface area contributed by atoms with Gasteiger partial charge in [-0.15, -0.1) is 0 Å². The number of aryl methyl sites for hydroxylation is 1. The Bertz CT molecular complexity index is 693. The summed E-state index contributed by atoms with van der Waals surface area (Å²) in [6.45, 7) is 3.36. The van der Waals surface area contributed by atoms with Gasteiger partial charge in [-0.3, -0.25) is 14.4 Å². The number of methoxy groups -OCH3 is 1. The fourth-order valence-electron chi connectivity index (χ4n) is 2.64. The molecule has 0 spiro atoms. The molecule has 0 atom stereocenters. The van der Waals surface area contributed by atoms with Gasteiger partial charge in [0.15, 0.2) is 17.3 Å². The molecule has 0 unspecified atom stereocenters. The molecular formula is C15H15NO6. The van der Waals surface area contributed by atoms with Crippen LogP contribution >= 0.6 is 0 Å². The van der Waals surface area contributed by atoms with Crippen LogP contribution in [-0.4, -0.2) is 55.8 Å². The van der Waals surface area contributed by atoms with Gasteiger partial charge in [-0.2, -0.15) is 0 Å². The normalized spacial score (nSPS) is 18.1. The van der Waals surface area contributed by atoms with E-state index < -0.39 is 11.6 Å². The third kappa shape index (κ3) is 2.14. The highest BCUT2D eigenvalue weighted by atomic mass is 16.5. The van der Waals surface area contributed by atoms with Crippen molar-refractivity contribution in [2.24, 2.45) is 0 Å². The van der Waals surface area contributed by atoms with Crippen LogP contribution in [0.2, 0.25) is 0 Å². The Morgan fingerprint density at radius 1 is 1.27 bits per heavy atom. The molecule has 0 saturated carbocycles. The molecule has 2 aliphatic rings. The number of Topliss-reactive ketones (excluding diaryl/α,β-unsaturated/α-hetero) is 1. The van der Waals surface area contributed by atoms with Gasteiger partial charge in [0.05, 0.1) is 31.5 Å². The van der Waals surface area contributed by atoms with E-state index in [9.17, 15) is 14.4 Å². The Morgan fingerprint density at radius 3 is 2.59 bits per heavy atom. The maximum absolute atomic E-state index is 12.7. The first-order valence-corrected chi connectivity index (χ1v) is 6.89. The first kappa shape index (κ1) is 14.5. The highest BCUT2D eigenvalue weighted by molar-refractivity contribution is 6.26. The lowest BCUT2D eigenvalue weighted by atomic mass is 9.96. The fourth-order valence-corrected chi connectivity index (χ4v) is 2.64. The van der Waals surface area contributed by atoms with Crippen LogP contribution in [0.4, 0.5) is 0 Å². The summed E-state index contributed by atoms with van der Waals surface area (Å²) in [6, 6.07) is 0. The lowest BCUT2D eigenvalue weighted by Crippen LogP contribution is -2.41. The van der Waals surface area contributed by atoms with Gasteiger partial charge >= 0.3 is 0 Å². The first-order chi connectivity index (χ1) is 10.5. The summed E-state index contributed by atoms with van der Waals surface area (Å²) in [5, 5.41) is 0. The Labute approximate surface area is 126 Å². The molecule has 3 rings (SSSR count). The number of morpholine rings is 1. The van der Waals surface area contributed by atoms with E-state index in [1.165, 1.54) is 7.11 Å². The summed E-state index contributed by atoms with van der Waals surface area (Å²) < 4.78 is 15.5. The lowest BCUT2D eigenvalue weighted by Gasteiger charge is -2.27. The Hall–Kier alpha value is -2.41. The lowest BCUT2D eigenvalue weighted by molar-refractivity contribution is 0.0301. The predicted octanol–water partition coefficient (Wildman–Crippen LogP) is 0.970. The number of ether oxygens (including phenoxy) is 2. The molecule has 1 aliphatic heterocycles. The highest BCUT2D eigenvalue weighted by Crippen LogP contribution is 2.30. The summed E-state index contributed by atoms with van der Waals surface area (Å²) in [5.74, 6) is -1.26. The van der Waals surface area contributed by atoms with Crippen molar-refractivity contribution in [3.05, 3.63) is 34.5 Å². The van der Waals surface area contributed by atoms with Crippen LogP contribution in [0.3, 0.4) is 0 Å². The number of fused-ring (bicyclic) bond motifs is 1. The van der Waals surface area contributed by atoms with E-state index in [2.05, 4.69) is 0 Å². The van der Waals surface area contributed by atoms with Gasteiger partial charge in [-0.05, 0) is 6.92 Å². The van der Waals surface area contributed by atoms with E-state index in [0.29, 0.717) is 26.3 Å². The topological polar surface area (TPSA) is 86.1 Å². The molecule has 0 bridgehead atoms. The minimum atomic E-state index is -0.527. The van der Waals surface area contributed by atoms with E-state index in [0.717, 1.165) is 6.08 Å². The van der Waals surface area contributed by atoms with Gasteiger partial charge in [0.2, 0.25) is 0 Å². The molecule has 1 fully saturated rings. The summed E-state index contributed by atoms with van der Waals surface area (Å²) in [6.07, 6.45) is 1.09. The fraction of sp³-hybridized carbons (Fsp3) is 0.400. The van der Waals surface area contributed by atoms with Crippen LogP contribution in [0.5, 0.6) is 0 Å². The second-order valence-electron chi connectivity index (χ2n) is 5.05. The number of carbonyl (C=O) groups excluding carboxylic acids is 3. The summed E-state index contributed by atoms with van der Waals surface area (Å²) in [4.78, 5) is 38.7. The van der Waals surface area contributed by atoms with Crippen LogP contribution < -0.4 is 0 Å². The zero-order valence-corrected chi connectivity index (χ0v) is 12.3. The van der Waals surface area contributed by atoms with Crippen molar-refractivity contribution >= 4 is 17.5 Å². The number of ketones is 2. The van der Waals surface area contributed by atoms with Crippen molar-refractivity contribution in [3.63, 3.8) is 0 Å². The van der Waals surface area contributed by atoms with Crippen LogP contribution in [0.25, 0.3) is 0 Å². The molecule has 1 aromatic rings. The number of furan rings is 1. The second-order valence-corrected chi connectivity index (χ2v) is 5.05. The quantitative estimate of drug-likeness (QED) is 0.809. The highest BCUT2D eigenvalue weighted by Gasteiger charge is 2.37. The largest absolute Gasteiger partial charge is 0.492 e. The molecule has 22 heavy (non-hydrogen) atoms. The van der Waals surface area contributed by atoms with E-state index in [4.69, 9.17) is 13.9 Å². The molecule has 1 saturated heterocycles. The Balaban J connectivity index is 2.04. The van der Waals surface area contributed by atoms with Crippen molar-refractivity contribution in [1.29, 1.82) is 0 Å². The maximum Gasteiger partial charge on any atom is 0.263 e. The smallest absolute Gasteiger partial charge is 0.263 e. The summed E-state index contributed by atoms with van der Waals surface area (Å²) >= 11 is 0. The summed E-state index contributed by atoms with van der Waals surface area (Å²) in [5.41, 5.74) is 0.182. The molecule has 1 aromatic heterocycles. The first-order valence-electron chi connectivity index (χ1n) is 6.89. The third-order valence-corrected chi connectivity index (χ3v) is 3.75. The number of amides is 1. The number of hydrogen-bond acceptors (Lipinski definition) is 6. The van der Waals surface area contributed by atoms with Crippen molar-refractivity contribution < 1.29 is 28.3 Å². The van der Waals surface area contributed by atoms with Gasteiger partial charge in [0.25, 0.3) is 11.7 Å². The van der Waals surface area contributed by atoms with Crippen molar-refractivity contribution in [3.8, 4) is 0 Å². The molecule has 1 amide bonds.